The number of Topliss-reactive ketones (excluding diaryl/α,β-unsaturated/α-hetero) is 2. The molecule has 4 aromatic carbocycles. The maximum Gasteiger partial charge on any atom is 0.323 e. The van der Waals surface area contributed by atoms with E-state index in [-0.39, 0.29) is 118 Å². The molecule has 4 heterocycles. The third kappa shape index (κ3) is 24.9. The highest BCUT2D eigenvalue weighted by molar-refractivity contribution is 6.05. The van der Waals surface area contributed by atoms with E-state index in [1.54, 1.807) is 70.7 Å². The number of pyridine rings is 4. The predicted octanol–water partition coefficient (Wildman–Crippen LogP) is 14.6. The van der Waals surface area contributed by atoms with Gasteiger partial charge in [0.15, 0.2) is 11.6 Å². The van der Waals surface area contributed by atoms with Crippen LogP contribution < -0.4 is 21.3 Å². The van der Waals surface area contributed by atoms with Crippen LogP contribution in [-0.4, -0.2) is 150 Å². The lowest BCUT2D eigenvalue weighted by Gasteiger charge is -2.18. The lowest BCUT2D eigenvalue weighted by Crippen LogP contribution is -2.40. The number of esters is 4. The fourth-order valence-corrected chi connectivity index (χ4v) is 15.6. The van der Waals surface area contributed by atoms with Crippen molar-refractivity contribution < 1.29 is 96.9 Å². The first-order chi connectivity index (χ1) is 59.5. The van der Waals surface area contributed by atoms with Crippen LogP contribution in [0.4, 0.5) is 11.4 Å². The summed E-state index contributed by atoms with van der Waals surface area (Å²) >= 11 is 0. The Balaban J connectivity index is 0.000000243. The average molecular weight is 1690 g/mol. The minimum atomic E-state index is -1.26. The van der Waals surface area contributed by atoms with Crippen molar-refractivity contribution in [1.82, 2.24) is 30.6 Å². The Labute approximate surface area is 719 Å². The van der Waals surface area contributed by atoms with Crippen molar-refractivity contribution >= 4 is 82.5 Å². The van der Waals surface area contributed by atoms with Gasteiger partial charge < -0.3 is 50.0 Å². The minimum absolute atomic E-state index is 0.0580. The van der Waals surface area contributed by atoms with Crippen LogP contribution in [0.1, 0.15) is 261 Å². The number of aromatic nitrogens is 4. The maximum absolute atomic E-state index is 13.9. The average Bonchev–Trinajstić information content (AvgIpc) is 1.12. The van der Waals surface area contributed by atoms with Gasteiger partial charge in [0.05, 0.1) is 63.9 Å². The number of amides is 2. The number of carboxylic acid groups (broad SMARTS) is 4. The van der Waals surface area contributed by atoms with Gasteiger partial charge in [0.2, 0.25) is 0 Å². The quantitative estimate of drug-likeness (QED) is 0.00998. The van der Waals surface area contributed by atoms with Crippen LogP contribution in [0.15, 0.2) is 122 Å². The van der Waals surface area contributed by atoms with Gasteiger partial charge in [-0.1, -0.05) is 60.7 Å². The number of benzene rings is 4. The van der Waals surface area contributed by atoms with Gasteiger partial charge in [-0.05, 0) is 293 Å². The van der Waals surface area contributed by atoms with E-state index in [0.29, 0.717) is 47.9 Å². The summed E-state index contributed by atoms with van der Waals surface area (Å²) in [7, 11) is 0. The molecule has 8 aromatic rings. The molecule has 4 atom stereocenters. The van der Waals surface area contributed by atoms with Crippen LogP contribution in [0.5, 0.6) is 0 Å². The highest BCUT2D eigenvalue weighted by Gasteiger charge is 2.35. The highest BCUT2D eigenvalue weighted by Crippen LogP contribution is 2.46. The van der Waals surface area contributed by atoms with Crippen molar-refractivity contribution in [3.63, 3.8) is 0 Å². The number of carbonyl (C=O) groups is 12. The summed E-state index contributed by atoms with van der Waals surface area (Å²) in [4.78, 5) is 168. The molecule has 0 bridgehead atoms. The standard InChI is InChI=1S/C52H62N4O10.C44H46N4O10/c1-7-63-48(58)24-36(51(61)65-9-3)21-22-37-28-54-45(26-41(37)33-17-18-33)50(60)56-43-16-12-15-40(32(43)6)39-14-11-13-35(31(39)5)23-47(57)44-25-42(34-19-20-34)38(29-53-44)30-55-46(52(62)66-10-4)27-49(59)64-8-2;1-23-27(15-39(49)36-17-34(26-11-12-26)30(21-45-36)22-47-38(44(57)58)19-41(52)53)5-3-6-31(23)32-7-4-8-35(24(32)2)48-42(54)37-18-33(25-9-10-25)29(20-46-37)14-13-28(43(55)56)16-40(50)51/h11-16,25-26,28-29,33-34,36,46,55H,7-10,17-24,27,30H2,1-6H3,(H,56,60);3-8,17-18,20-21,25-26,28,38,47H,9-16,19,22H2,1-2H3,(H,48,54)(H,50,51)(H,52,53)(H,55,56)(H,57,58)/t36-,46-;28-,38-/m00/s1. The molecule has 4 saturated carbocycles. The fourth-order valence-electron chi connectivity index (χ4n) is 15.6. The van der Waals surface area contributed by atoms with Gasteiger partial charge in [0.1, 0.15) is 34.9 Å². The molecule has 4 aromatic heterocycles. The predicted molar refractivity (Wildman–Crippen MR) is 460 cm³/mol. The molecule has 4 aliphatic carbocycles. The number of hydrogen-bond acceptors (Lipinski definition) is 22. The Hall–Kier alpha value is -12.6. The summed E-state index contributed by atoms with van der Waals surface area (Å²) in [5.74, 6) is -8.37. The summed E-state index contributed by atoms with van der Waals surface area (Å²) in [5.41, 5.74) is 18.4. The minimum Gasteiger partial charge on any atom is -0.481 e. The number of carbonyl (C=O) groups excluding carboxylic acids is 8. The molecule has 28 nitrogen and oxygen atoms in total. The van der Waals surface area contributed by atoms with Crippen molar-refractivity contribution in [3.05, 3.63) is 223 Å². The number of carboxylic acids is 4. The number of aliphatic carboxylic acids is 4. The van der Waals surface area contributed by atoms with Gasteiger partial charge in [-0.3, -0.25) is 88.1 Å². The van der Waals surface area contributed by atoms with Crippen molar-refractivity contribution in [3.8, 4) is 22.3 Å². The van der Waals surface area contributed by atoms with E-state index in [1.165, 1.54) is 0 Å². The summed E-state index contributed by atoms with van der Waals surface area (Å²) in [6, 6.07) is 28.1. The zero-order valence-corrected chi connectivity index (χ0v) is 71.2. The molecule has 0 spiro atoms. The molecule has 0 aliphatic heterocycles. The molecule has 28 heteroatoms. The fraction of sp³-hybridized carbons (Fsp3) is 0.417. The van der Waals surface area contributed by atoms with Gasteiger partial charge >= 0.3 is 47.8 Å². The molecule has 652 valence electrons. The number of anilines is 2. The van der Waals surface area contributed by atoms with Gasteiger partial charge in [0.25, 0.3) is 11.8 Å². The van der Waals surface area contributed by atoms with Gasteiger partial charge in [0, 0.05) is 62.1 Å². The monoisotopic (exact) mass is 1690 g/mol. The number of rotatable bonds is 44. The maximum atomic E-state index is 13.9. The van der Waals surface area contributed by atoms with E-state index in [9.17, 15) is 67.7 Å². The highest BCUT2D eigenvalue weighted by atomic mass is 16.5. The molecule has 12 rings (SSSR count). The number of ketones is 2. The molecule has 8 N–H and O–H groups in total. The van der Waals surface area contributed by atoms with Gasteiger partial charge in [-0.15, -0.1) is 0 Å². The Morgan fingerprint density at radius 1 is 0.379 bits per heavy atom. The second-order valence-corrected chi connectivity index (χ2v) is 32.1. The molecule has 2 amide bonds. The largest absolute Gasteiger partial charge is 0.481 e. The first-order valence-electron chi connectivity index (χ1n) is 42.6. The van der Waals surface area contributed by atoms with Crippen LogP contribution in [0.25, 0.3) is 22.3 Å². The molecular formula is C96H108N8O20. The summed E-state index contributed by atoms with van der Waals surface area (Å²) in [5, 5.41) is 49.2. The number of ether oxygens (including phenoxy) is 4. The SMILES string of the molecule is CCOC(=O)C[C@H](CCc1cnc(C(=O)Nc2cccc(-c3cccc(CC(=O)c4cc(C5CC5)c(CN[C@@H](CC(=O)OCC)C(=O)OCC)cn4)c3C)c2C)cc1C1CC1)C(=O)OCC.Cc1c(CC(=O)c2cc(C3CC3)c(CN[C@@H](CC(=O)O)C(=O)O)cn2)cccc1-c1cccc(NC(=O)c2cc(C3CC3)c(CC[C@@H](CC(=O)O)C(=O)O)cn2)c1C. The van der Waals surface area contributed by atoms with E-state index < -0.39 is 90.4 Å². The van der Waals surface area contributed by atoms with Crippen LogP contribution in [-0.2, 0) is 96.1 Å². The molecular weight excluding hydrogens is 1590 g/mol. The first kappa shape index (κ1) is 92.2. The Morgan fingerprint density at radius 2 is 0.734 bits per heavy atom. The summed E-state index contributed by atoms with van der Waals surface area (Å²) in [6.07, 6.45) is 14.6. The normalized spacial score (nSPS) is 14.4. The van der Waals surface area contributed by atoms with Crippen molar-refractivity contribution in [1.29, 1.82) is 0 Å². The van der Waals surface area contributed by atoms with E-state index >= 15 is 0 Å². The lowest BCUT2D eigenvalue weighted by atomic mass is 9.90. The number of nitrogens with one attached hydrogen (secondary N) is 4. The molecule has 0 saturated heterocycles. The number of aryl methyl sites for hydroxylation is 2. The zero-order valence-electron chi connectivity index (χ0n) is 71.2. The van der Waals surface area contributed by atoms with Crippen molar-refractivity contribution in [2.24, 2.45) is 11.8 Å². The molecule has 0 unspecified atom stereocenters. The van der Waals surface area contributed by atoms with E-state index in [1.807, 2.05) is 107 Å². The second-order valence-electron chi connectivity index (χ2n) is 32.1. The van der Waals surface area contributed by atoms with Crippen LogP contribution in [0.2, 0.25) is 0 Å². The Bertz CT molecular complexity index is 5030. The van der Waals surface area contributed by atoms with Crippen molar-refractivity contribution in [2.75, 3.05) is 37.1 Å². The summed E-state index contributed by atoms with van der Waals surface area (Å²) < 4.78 is 20.6. The number of nitrogens with zero attached hydrogens (tertiary/aromatic N) is 4. The Kier molecular flexibility index (Phi) is 31.9. The van der Waals surface area contributed by atoms with Gasteiger partial charge in [-0.2, -0.15) is 0 Å². The topological polar surface area (TPSA) is 422 Å². The van der Waals surface area contributed by atoms with Crippen molar-refractivity contribution in [2.45, 2.75) is 220 Å². The van der Waals surface area contributed by atoms with E-state index in [4.69, 9.17) is 29.2 Å². The lowest BCUT2D eigenvalue weighted by molar-refractivity contribution is -0.155. The van der Waals surface area contributed by atoms with E-state index in [2.05, 4.69) is 41.2 Å². The summed E-state index contributed by atoms with van der Waals surface area (Å²) in [6.45, 7) is 15.9. The third-order valence-corrected chi connectivity index (χ3v) is 23.2. The smallest absolute Gasteiger partial charge is 0.323 e. The second kappa shape index (κ2) is 43.0. The first-order valence-corrected chi connectivity index (χ1v) is 42.6. The Morgan fingerprint density at radius 3 is 1.13 bits per heavy atom. The molecule has 124 heavy (non-hydrogen) atoms. The van der Waals surface area contributed by atoms with E-state index in [0.717, 1.165) is 152 Å². The zero-order chi connectivity index (χ0) is 89.0. The van der Waals surface area contributed by atoms with Crippen LogP contribution in [0, 0.1) is 39.5 Å². The third-order valence-electron chi connectivity index (χ3n) is 23.2. The molecule has 4 fully saturated rings. The molecule has 4 aliphatic rings. The van der Waals surface area contributed by atoms with Crippen LogP contribution >= 0.6 is 0 Å². The van der Waals surface area contributed by atoms with Crippen LogP contribution in [0.3, 0.4) is 0 Å². The van der Waals surface area contributed by atoms with Gasteiger partial charge in [-0.25, -0.2) is 0 Å². The molecule has 0 radical (unpaired) electrons. The number of hydrogen-bond donors (Lipinski definition) is 8.